The van der Waals surface area contributed by atoms with Crippen molar-refractivity contribution in [2.75, 3.05) is 0 Å². The molecule has 2 atom stereocenters. The van der Waals surface area contributed by atoms with Crippen LogP contribution in [0.2, 0.25) is 0 Å². The molecule has 4 aromatic carbocycles. The van der Waals surface area contributed by atoms with Crippen LogP contribution >= 0.6 is 31.9 Å². The molecule has 152 valence electrons. The third-order valence-corrected chi connectivity index (χ3v) is 7.01. The maximum absolute atomic E-state index is 6.46. The molecule has 0 amide bonds. The van der Waals surface area contributed by atoms with Crippen molar-refractivity contribution >= 4 is 48.3 Å². The van der Waals surface area contributed by atoms with E-state index in [1.54, 1.807) is 0 Å². The number of hydrogen-bond donors (Lipinski definition) is 0. The van der Waals surface area contributed by atoms with Gasteiger partial charge in [-0.15, -0.1) is 0 Å². The lowest BCUT2D eigenvalue weighted by atomic mass is 9.95. The third-order valence-electron chi connectivity index (χ3n) is 5.99. The average molecular weight is 534 g/mol. The first kappa shape index (κ1) is 19.1. The van der Waals surface area contributed by atoms with Gasteiger partial charge in [0.25, 0.3) is 0 Å². The Hall–Kier alpha value is -2.63. The summed E-state index contributed by atoms with van der Waals surface area (Å²) in [4.78, 5) is 0. The van der Waals surface area contributed by atoms with Gasteiger partial charge in [-0.25, -0.2) is 5.01 Å². The fourth-order valence-corrected chi connectivity index (χ4v) is 5.09. The molecule has 5 heteroatoms. The molecule has 3 nitrogen and oxygen atoms in total. The van der Waals surface area contributed by atoms with Gasteiger partial charge in [-0.2, -0.15) is 5.10 Å². The van der Waals surface area contributed by atoms with E-state index < -0.39 is 0 Å². The van der Waals surface area contributed by atoms with Gasteiger partial charge in [0.05, 0.1) is 11.8 Å². The number of benzene rings is 4. The minimum absolute atomic E-state index is 0.136. The van der Waals surface area contributed by atoms with Crippen LogP contribution in [0.25, 0.3) is 10.8 Å². The number of rotatable bonds is 2. The Balaban J connectivity index is 1.45. The molecule has 0 bridgehead atoms. The van der Waals surface area contributed by atoms with Gasteiger partial charge in [-0.3, -0.25) is 0 Å². The van der Waals surface area contributed by atoms with E-state index in [1.807, 2.05) is 6.07 Å². The molecule has 2 heterocycles. The molecule has 0 spiro atoms. The predicted molar refractivity (Wildman–Crippen MR) is 131 cm³/mol. The van der Waals surface area contributed by atoms with Crippen molar-refractivity contribution in [1.29, 1.82) is 0 Å². The molecule has 0 aromatic heterocycles. The van der Waals surface area contributed by atoms with E-state index >= 15 is 0 Å². The minimum atomic E-state index is -0.260. The first-order chi connectivity index (χ1) is 15.2. The van der Waals surface area contributed by atoms with Crippen LogP contribution in [-0.2, 0) is 0 Å². The summed E-state index contributed by atoms with van der Waals surface area (Å²) in [5.74, 6) is 0.923. The summed E-state index contributed by atoms with van der Waals surface area (Å²) in [5.41, 5.74) is 4.51. The number of hydrazone groups is 1. The first-order valence-electron chi connectivity index (χ1n) is 10.2. The Labute approximate surface area is 197 Å². The zero-order chi connectivity index (χ0) is 20.9. The van der Waals surface area contributed by atoms with Crippen LogP contribution < -0.4 is 4.74 Å². The number of hydrogen-bond acceptors (Lipinski definition) is 3. The monoisotopic (exact) mass is 532 g/mol. The molecular formula is C26H18Br2N2O. The fraction of sp³-hybridized carbons (Fsp3) is 0.115. The largest absolute Gasteiger partial charge is 0.464 e. The highest BCUT2D eigenvalue weighted by Gasteiger charge is 2.41. The Morgan fingerprint density at radius 2 is 1.58 bits per heavy atom. The van der Waals surface area contributed by atoms with Crippen LogP contribution in [0.3, 0.4) is 0 Å². The zero-order valence-electron chi connectivity index (χ0n) is 16.5. The highest BCUT2D eigenvalue weighted by molar-refractivity contribution is 9.10. The first-order valence-corrected chi connectivity index (χ1v) is 11.8. The second-order valence-electron chi connectivity index (χ2n) is 7.91. The fourth-order valence-electron chi connectivity index (χ4n) is 4.45. The molecule has 0 N–H and O–H groups in total. The maximum atomic E-state index is 6.46. The van der Waals surface area contributed by atoms with Crippen LogP contribution in [-0.4, -0.2) is 10.7 Å². The van der Waals surface area contributed by atoms with Gasteiger partial charge in [0.1, 0.15) is 5.75 Å². The number of nitrogens with zero attached hydrogens (tertiary/aromatic N) is 2. The van der Waals surface area contributed by atoms with Crippen LogP contribution in [0.4, 0.5) is 0 Å². The van der Waals surface area contributed by atoms with Crippen LogP contribution in [0, 0.1) is 0 Å². The highest BCUT2D eigenvalue weighted by atomic mass is 79.9. The van der Waals surface area contributed by atoms with E-state index in [2.05, 4.69) is 116 Å². The summed E-state index contributed by atoms with van der Waals surface area (Å²) in [5, 5.41) is 9.70. The van der Waals surface area contributed by atoms with Gasteiger partial charge < -0.3 is 4.74 Å². The van der Waals surface area contributed by atoms with Gasteiger partial charge in [-0.05, 0) is 52.7 Å². The molecular weight excluding hydrogens is 516 g/mol. The van der Waals surface area contributed by atoms with Crippen molar-refractivity contribution in [1.82, 2.24) is 5.01 Å². The molecule has 0 unspecified atom stereocenters. The second kappa shape index (κ2) is 7.50. The van der Waals surface area contributed by atoms with Gasteiger partial charge in [0, 0.05) is 26.5 Å². The molecule has 0 saturated heterocycles. The molecule has 0 fully saturated rings. The summed E-state index contributed by atoms with van der Waals surface area (Å²) in [6, 6.07) is 29.7. The Kier molecular flexibility index (Phi) is 4.62. The van der Waals surface area contributed by atoms with Gasteiger partial charge in [-0.1, -0.05) is 80.4 Å². The Morgan fingerprint density at radius 1 is 0.806 bits per heavy atom. The van der Waals surface area contributed by atoms with Crippen molar-refractivity contribution in [2.24, 2.45) is 5.10 Å². The Morgan fingerprint density at radius 3 is 2.42 bits per heavy atom. The molecule has 0 radical (unpaired) electrons. The average Bonchev–Trinajstić information content (AvgIpc) is 3.25. The van der Waals surface area contributed by atoms with Crippen LogP contribution in [0.15, 0.2) is 99.0 Å². The lowest BCUT2D eigenvalue weighted by Crippen LogP contribution is -2.33. The zero-order valence-corrected chi connectivity index (χ0v) is 19.7. The topological polar surface area (TPSA) is 24.8 Å². The second-order valence-corrected chi connectivity index (χ2v) is 9.74. The lowest BCUT2D eigenvalue weighted by molar-refractivity contribution is -0.0190. The van der Waals surface area contributed by atoms with Crippen LogP contribution in [0.5, 0.6) is 5.75 Å². The maximum Gasteiger partial charge on any atom is 0.213 e. The van der Waals surface area contributed by atoms with E-state index in [4.69, 9.17) is 9.84 Å². The normalized spacial score (nSPS) is 19.5. The summed E-state index contributed by atoms with van der Waals surface area (Å²) in [6.45, 7) is 0. The van der Waals surface area contributed by atoms with E-state index in [0.717, 1.165) is 32.4 Å². The molecule has 4 aromatic rings. The number of fused-ring (bicyclic) bond motifs is 4. The summed E-state index contributed by atoms with van der Waals surface area (Å²) in [7, 11) is 0. The quantitative estimate of drug-likeness (QED) is 0.265. The smallest absolute Gasteiger partial charge is 0.213 e. The predicted octanol–water partition coefficient (Wildman–Crippen LogP) is 7.61. The summed E-state index contributed by atoms with van der Waals surface area (Å²) < 4.78 is 8.57. The van der Waals surface area contributed by atoms with Crippen molar-refractivity contribution in [3.05, 3.63) is 111 Å². The molecule has 2 aliphatic heterocycles. The van der Waals surface area contributed by atoms with Gasteiger partial charge >= 0.3 is 0 Å². The van der Waals surface area contributed by atoms with E-state index in [1.165, 1.54) is 21.9 Å². The third kappa shape index (κ3) is 3.36. The molecule has 2 aliphatic rings. The van der Waals surface area contributed by atoms with E-state index in [-0.39, 0.29) is 12.3 Å². The van der Waals surface area contributed by atoms with Crippen LogP contribution in [0.1, 0.15) is 35.4 Å². The standard InChI is InChI=1S/C26H18Br2N2O/c27-20-9-7-17(8-10-20)26-30-24(22-14-21(28)11-12-25(22)31-26)15-23(29-30)19-6-5-16-3-1-2-4-18(16)13-19/h1-14,24,26H,15H2/t24-,26-/m1/s1. The SMILES string of the molecule is Brc1ccc([C@H]2Oc3ccc(Br)cc3[C@H]3CC(c4ccc5ccccc5c4)=NN32)cc1. The molecule has 0 aliphatic carbocycles. The molecule has 0 saturated carbocycles. The number of ether oxygens (including phenoxy) is 1. The highest BCUT2D eigenvalue weighted by Crippen LogP contribution is 2.48. The summed E-state index contributed by atoms with van der Waals surface area (Å²) in [6.07, 6.45) is 0.586. The van der Waals surface area contributed by atoms with Crippen molar-refractivity contribution < 1.29 is 4.74 Å². The number of halogens is 2. The minimum Gasteiger partial charge on any atom is -0.464 e. The van der Waals surface area contributed by atoms with Crippen molar-refractivity contribution in [3.8, 4) is 5.75 Å². The van der Waals surface area contributed by atoms with Crippen molar-refractivity contribution in [3.63, 3.8) is 0 Å². The molecule has 31 heavy (non-hydrogen) atoms. The lowest BCUT2D eigenvalue weighted by Gasteiger charge is -2.38. The van der Waals surface area contributed by atoms with Gasteiger partial charge in [0.15, 0.2) is 0 Å². The van der Waals surface area contributed by atoms with Crippen molar-refractivity contribution in [2.45, 2.75) is 18.7 Å². The van der Waals surface area contributed by atoms with E-state index in [9.17, 15) is 0 Å². The van der Waals surface area contributed by atoms with E-state index in [0.29, 0.717) is 0 Å². The summed E-state index contributed by atoms with van der Waals surface area (Å²) >= 11 is 7.16. The Bertz CT molecular complexity index is 1330. The molecule has 6 rings (SSSR count). The van der Waals surface area contributed by atoms with Gasteiger partial charge in [0.2, 0.25) is 6.23 Å².